The van der Waals surface area contributed by atoms with Gasteiger partial charge in [-0.3, -0.25) is 9.80 Å². The number of amides is 1. The molecule has 11 rings (SSSR count). The number of anilines is 1. The van der Waals surface area contributed by atoms with Gasteiger partial charge in [0.25, 0.3) is 0 Å². The number of hydrogen-bond acceptors (Lipinski definition) is 8. The molecule has 1 N–H and O–H groups in total. The molecule has 2 aliphatic heterocycles. The van der Waals surface area contributed by atoms with Gasteiger partial charge in [-0.25, -0.2) is 9.38 Å². The number of ether oxygens (including phenoxy) is 1. The molecule has 43 heavy (non-hydrogen) atoms. The Morgan fingerprint density at radius 2 is 1.91 bits per heavy atom. The highest BCUT2D eigenvalue weighted by atomic mass is 19.1. The summed E-state index contributed by atoms with van der Waals surface area (Å²) in [7, 11) is 1.68. The largest absolute Gasteiger partial charge is 0.493 e. The number of alkyl halides is 1. The number of benzene rings is 1. The second kappa shape index (κ2) is 8.77. The van der Waals surface area contributed by atoms with Gasteiger partial charge in [0, 0.05) is 35.3 Å². The Balaban J connectivity index is 0.914. The van der Waals surface area contributed by atoms with Crippen molar-refractivity contribution in [2.24, 2.45) is 15.8 Å². The van der Waals surface area contributed by atoms with E-state index in [-0.39, 0.29) is 16.7 Å². The number of aliphatic imine (C=N–C) groups is 1. The average molecular weight is 585 g/mol. The van der Waals surface area contributed by atoms with Crippen molar-refractivity contribution in [1.82, 2.24) is 20.2 Å². The number of carbonyl (C=O) groups is 1. The van der Waals surface area contributed by atoms with Crippen LogP contribution in [0.1, 0.15) is 93.8 Å². The van der Waals surface area contributed by atoms with E-state index in [9.17, 15) is 9.18 Å². The summed E-state index contributed by atoms with van der Waals surface area (Å²) in [6, 6.07) is 7.86. The minimum atomic E-state index is -1.10. The van der Waals surface area contributed by atoms with E-state index in [1.54, 1.807) is 7.11 Å². The third-order valence-corrected chi connectivity index (χ3v) is 11.6. The summed E-state index contributed by atoms with van der Waals surface area (Å²) in [5.41, 5.74) is 1.36. The zero-order valence-electron chi connectivity index (χ0n) is 24.6. The Morgan fingerprint density at radius 1 is 1.14 bits per heavy atom. The number of halogens is 1. The number of amidine groups is 1. The van der Waals surface area contributed by atoms with Gasteiger partial charge in [0.2, 0.25) is 11.8 Å². The van der Waals surface area contributed by atoms with Gasteiger partial charge < -0.3 is 14.6 Å². The van der Waals surface area contributed by atoms with Crippen molar-refractivity contribution in [3.05, 3.63) is 59.6 Å². The molecule has 2 aromatic rings. The van der Waals surface area contributed by atoms with E-state index >= 15 is 0 Å². The lowest BCUT2D eigenvalue weighted by Crippen LogP contribution is -2.68. The minimum Gasteiger partial charge on any atom is -0.493 e. The number of carbonyl (C=O) groups excluding carboxylic acids is 1. The number of rotatable bonds is 8. The van der Waals surface area contributed by atoms with Gasteiger partial charge >= 0.3 is 0 Å². The zero-order valence-corrected chi connectivity index (χ0v) is 24.6. The molecule has 9 nitrogen and oxygen atoms in total. The first-order chi connectivity index (χ1) is 20.8. The summed E-state index contributed by atoms with van der Waals surface area (Å²) in [6.07, 6.45) is 14.3. The van der Waals surface area contributed by atoms with E-state index in [1.807, 2.05) is 30.3 Å². The lowest BCUT2D eigenvalue weighted by atomic mass is 9.42. The fraction of sp³-hybridized carbons (Fsp3) is 0.576. The van der Waals surface area contributed by atoms with Crippen LogP contribution >= 0.6 is 0 Å². The van der Waals surface area contributed by atoms with Crippen LogP contribution < -0.4 is 5.32 Å². The van der Waals surface area contributed by atoms with Crippen molar-refractivity contribution in [3.63, 3.8) is 0 Å². The number of allylic oxidation sites excluding steroid dienone is 2. The van der Waals surface area contributed by atoms with E-state index in [1.165, 1.54) is 12.8 Å². The van der Waals surface area contributed by atoms with Crippen LogP contribution in [0.25, 0.3) is 5.57 Å². The highest BCUT2D eigenvalue weighted by Gasteiger charge is 2.72. The second-order valence-corrected chi connectivity index (χ2v) is 14.4. The number of aromatic nitrogens is 2. The van der Waals surface area contributed by atoms with Gasteiger partial charge in [0.05, 0.1) is 12.5 Å². The van der Waals surface area contributed by atoms with Crippen molar-refractivity contribution in [2.75, 3.05) is 25.6 Å². The molecule has 10 heteroatoms. The van der Waals surface area contributed by atoms with Crippen LogP contribution in [0.3, 0.4) is 0 Å². The van der Waals surface area contributed by atoms with Gasteiger partial charge in [-0.1, -0.05) is 17.3 Å². The third kappa shape index (κ3) is 3.97. The van der Waals surface area contributed by atoms with Crippen LogP contribution in [0.5, 0.6) is 0 Å². The predicted molar refractivity (Wildman–Crippen MR) is 157 cm³/mol. The maximum atomic E-state index is 14.0. The molecule has 3 heterocycles. The van der Waals surface area contributed by atoms with Crippen molar-refractivity contribution in [2.45, 2.75) is 87.6 Å². The SMILES string of the molecule is COC1=CC(c2cccc(NC(=O)C34CC(F)(C3)C4)c2)=CN2C1=NCN2CC12CCC(c3nc(C4CC4)no3)(CC1)CC2. The maximum Gasteiger partial charge on any atom is 0.232 e. The minimum absolute atomic E-state index is 0.0467. The van der Waals surface area contributed by atoms with E-state index in [2.05, 4.69) is 26.7 Å². The predicted octanol–water partition coefficient (Wildman–Crippen LogP) is 5.84. The molecule has 7 saturated carbocycles. The highest BCUT2D eigenvalue weighted by Crippen LogP contribution is 2.69. The van der Waals surface area contributed by atoms with E-state index in [0.717, 1.165) is 85.2 Å². The lowest BCUT2D eigenvalue weighted by Gasteiger charge is -2.64. The summed E-state index contributed by atoms with van der Waals surface area (Å²) in [5.74, 6) is 3.80. The molecular formula is C33H37FN6O3. The molecule has 224 valence electrons. The molecule has 7 fully saturated rings. The summed E-state index contributed by atoms with van der Waals surface area (Å²) in [4.78, 5) is 22.6. The Hall–Kier alpha value is -3.53. The molecule has 0 saturated heterocycles. The molecule has 1 aromatic heterocycles. The molecule has 1 aromatic carbocycles. The number of hydrogen-bond donors (Lipinski definition) is 1. The topological polar surface area (TPSA) is 96.1 Å². The summed E-state index contributed by atoms with van der Waals surface area (Å²) in [5, 5.41) is 11.9. The summed E-state index contributed by atoms with van der Waals surface area (Å²) < 4.78 is 25.7. The van der Waals surface area contributed by atoms with Crippen molar-refractivity contribution in [3.8, 4) is 0 Å². The average Bonchev–Trinajstić information content (AvgIpc) is 3.58. The van der Waals surface area contributed by atoms with Gasteiger partial charge in [-0.05, 0) is 99.8 Å². The van der Waals surface area contributed by atoms with Crippen LogP contribution in [0.2, 0.25) is 0 Å². The number of fused-ring (bicyclic) bond motifs is 4. The Morgan fingerprint density at radius 3 is 2.60 bits per heavy atom. The third-order valence-electron chi connectivity index (χ3n) is 11.6. The maximum absolute atomic E-state index is 14.0. The normalized spacial score (nSPS) is 35.8. The van der Waals surface area contributed by atoms with Crippen LogP contribution in [-0.4, -0.2) is 57.9 Å². The molecule has 7 aliphatic carbocycles. The molecule has 4 bridgehead atoms. The van der Waals surface area contributed by atoms with Crippen LogP contribution in [-0.2, 0) is 14.9 Å². The number of methoxy groups -OCH3 is 1. The fourth-order valence-electron chi connectivity index (χ4n) is 8.68. The molecule has 0 unspecified atom stereocenters. The van der Waals surface area contributed by atoms with E-state index in [4.69, 9.17) is 19.2 Å². The first-order valence-corrected chi connectivity index (χ1v) is 15.8. The summed E-state index contributed by atoms with van der Waals surface area (Å²) >= 11 is 0. The van der Waals surface area contributed by atoms with E-state index in [0.29, 0.717) is 31.8 Å². The van der Waals surface area contributed by atoms with Crippen LogP contribution in [0.15, 0.2) is 51.8 Å². The van der Waals surface area contributed by atoms with Gasteiger partial charge in [0.1, 0.15) is 12.3 Å². The van der Waals surface area contributed by atoms with Gasteiger partial charge in [-0.15, -0.1) is 0 Å². The smallest absolute Gasteiger partial charge is 0.232 e. The molecule has 0 spiro atoms. The first-order valence-electron chi connectivity index (χ1n) is 15.8. The van der Waals surface area contributed by atoms with Crippen LogP contribution in [0, 0.1) is 10.8 Å². The molecule has 0 radical (unpaired) electrons. The van der Waals surface area contributed by atoms with E-state index < -0.39 is 11.1 Å². The highest BCUT2D eigenvalue weighted by molar-refractivity contribution is 6.03. The second-order valence-electron chi connectivity index (χ2n) is 14.4. The lowest BCUT2D eigenvalue weighted by molar-refractivity contribution is -0.209. The van der Waals surface area contributed by atoms with Crippen LogP contribution in [0.4, 0.5) is 10.1 Å². The Labute approximate surface area is 250 Å². The van der Waals surface area contributed by atoms with Gasteiger partial charge in [-0.2, -0.15) is 9.99 Å². The van der Waals surface area contributed by atoms with Crippen molar-refractivity contribution < 1.29 is 18.4 Å². The summed E-state index contributed by atoms with van der Waals surface area (Å²) in [6.45, 7) is 1.53. The first kappa shape index (κ1) is 25.9. The Kier molecular flexibility index (Phi) is 5.29. The molecule has 0 atom stereocenters. The van der Waals surface area contributed by atoms with Crippen molar-refractivity contribution >= 4 is 23.0 Å². The van der Waals surface area contributed by atoms with Crippen molar-refractivity contribution in [1.29, 1.82) is 0 Å². The standard InChI is InChI=1S/C33H37FN6O3/c1-42-25-14-23(22-3-2-4-24(13-22)36-28(41)32-16-33(34,17-32)18-32)15-40-27(25)35-20-39(40)19-30-7-10-31(11-8-30,12-9-30)29-37-26(38-43-29)21-5-6-21/h2-4,13-15,21H,5-12,16-20H2,1H3,(H,36,41). The molecule has 1 amide bonds. The number of nitrogens with zero attached hydrogens (tertiary/aromatic N) is 5. The number of hydrazine groups is 1. The Bertz CT molecular complexity index is 1580. The molecule has 9 aliphatic rings. The quantitative estimate of drug-likeness (QED) is 0.416. The monoisotopic (exact) mass is 584 g/mol. The molecular weight excluding hydrogens is 547 g/mol. The fourth-order valence-corrected chi connectivity index (χ4v) is 8.68. The number of nitrogens with one attached hydrogen (secondary N) is 1. The zero-order chi connectivity index (χ0) is 29.0. The van der Waals surface area contributed by atoms with Gasteiger partial charge in [0.15, 0.2) is 17.4 Å².